The maximum Gasteiger partial charge on any atom is 0.0845 e. The van der Waals surface area contributed by atoms with Crippen molar-refractivity contribution in [1.82, 2.24) is 0 Å². The first kappa shape index (κ1) is 11.8. The van der Waals surface area contributed by atoms with Gasteiger partial charge < -0.3 is 0 Å². The first-order chi connectivity index (χ1) is 7.17. The number of rotatable bonds is 4. The average molecular weight is 200 g/mol. The van der Waals surface area contributed by atoms with Gasteiger partial charge in [0.15, 0.2) is 0 Å². The highest BCUT2D eigenvalue weighted by atomic mass is 14.4. The highest BCUT2D eigenvalue weighted by Crippen LogP contribution is 2.36. The summed E-state index contributed by atoms with van der Waals surface area (Å²) >= 11 is 0. The van der Waals surface area contributed by atoms with Crippen molar-refractivity contribution < 1.29 is 0 Å². The van der Waals surface area contributed by atoms with Gasteiger partial charge in [0, 0.05) is 0 Å². The van der Waals surface area contributed by atoms with Crippen LogP contribution < -0.4 is 0 Å². The van der Waals surface area contributed by atoms with Gasteiger partial charge in [0.05, 0.1) is 11.5 Å². The highest BCUT2D eigenvalue weighted by Gasteiger charge is 2.34. The summed E-state index contributed by atoms with van der Waals surface area (Å²) in [7, 11) is 0. The second kappa shape index (κ2) is 4.98. The molecule has 0 aliphatic carbocycles. The maximum absolute atomic E-state index is 9.45. The second-order valence-corrected chi connectivity index (χ2v) is 4.21. The topological polar surface area (TPSA) is 23.8 Å². The molecule has 1 aromatic carbocycles. The van der Waals surface area contributed by atoms with Crippen molar-refractivity contribution in [2.24, 2.45) is 5.92 Å². The number of nitriles is 1. The smallest absolute Gasteiger partial charge is 0.0845 e. The SMILES string of the molecule is [CH2]CCC(C#N)(c1ccccc1)C(C)C. The largest absolute Gasteiger partial charge is 0.197 e. The number of benzene rings is 1. The minimum absolute atomic E-state index is 0.312. The molecule has 0 aromatic heterocycles. The fourth-order valence-electron chi connectivity index (χ4n) is 2.03. The van der Waals surface area contributed by atoms with Gasteiger partial charge >= 0.3 is 0 Å². The Hall–Kier alpha value is -1.29. The molecule has 15 heavy (non-hydrogen) atoms. The predicted octanol–water partition coefficient (Wildman–Crippen LogP) is 3.72. The van der Waals surface area contributed by atoms with E-state index in [0.29, 0.717) is 5.92 Å². The molecule has 0 saturated heterocycles. The Morgan fingerprint density at radius 2 is 1.93 bits per heavy atom. The molecule has 1 nitrogen and oxygen atoms in total. The molecule has 1 radical (unpaired) electrons. The summed E-state index contributed by atoms with van der Waals surface area (Å²) in [5.74, 6) is 0.312. The van der Waals surface area contributed by atoms with Crippen molar-refractivity contribution in [3.8, 4) is 6.07 Å². The van der Waals surface area contributed by atoms with Gasteiger partial charge in [0.1, 0.15) is 0 Å². The first-order valence-electron chi connectivity index (χ1n) is 5.43. The molecule has 1 aromatic rings. The van der Waals surface area contributed by atoms with Crippen LogP contribution in [0.3, 0.4) is 0 Å². The van der Waals surface area contributed by atoms with Gasteiger partial charge in [-0.2, -0.15) is 5.26 Å². The van der Waals surface area contributed by atoms with Crippen molar-refractivity contribution in [3.05, 3.63) is 42.8 Å². The van der Waals surface area contributed by atoms with Crippen molar-refractivity contribution >= 4 is 0 Å². The van der Waals surface area contributed by atoms with Crippen LogP contribution in [0.5, 0.6) is 0 Å². The maximum atomic E-state index is 9.45. The van der Waals surface area contributed by atoms with E-state index in [1.165, 1.54) is 0 Å². The van der Waals surface area contributed by atoms with Gasteiger partial charge in [-0.25, -0.2) is 0 Å². The lowest BCUT2D eigenvalue weighted by Gasteiger charge is -2.31. The molecule has 0 bridgehead atoms. The Balaban J connectivity index is 3.17. The van der Waals surface area contributed by atoms with Crippen molar-refractivity contribution in [3.63, 3.8) is 0 Å². The molecule has 79 valence electrons. The number of hydrogen-bond donors (Lipinski definition) is 0. The zero-order chi connectivity index (χ0) is 11.3. The molecule has 1 heteroatoms. The zero-order valence-corrected chi connectivity index (χ0v) is 9.53. The van der Waals surface area contributed by atoms with Gasteiger partial charge in [0.25, 0.3) is 0 Å². The summed E-state index contributed by atoms with van der Waals surface area (Å²) in [6.07, 6.45) is 1.62. The Labute approximate surface area is 92.7 Å². The number of nitrogens with zero attached hydrogens (tertiary/aromatic N) is 1. The molecule has 1 unspecified atom stereocenters. The molecule has 0 aliphatic heterocycles. The quantitative estimate of drug-likeness (QED) is 0.726. The van der Waals surface area contributed by atoms with Gasteiger partial charge in [-0.3, -0.25) is 0 Å². The van der Waals surface area contributed by atoms with Gasteiger partial charge in [0.2, 0.25) is 0 Å². The van der Waals surface area contributed by atoms with Crippen molar-refractivity contribution in [2.75, 3.05) is 0 Å². The third-order valence-electron chi connectivity index (χ3n) is 3.05. The Morgan fingerprint density at radius 1 is 1.33 bits per heavy atom. The van der Waals surface area contributed by atoms with Crippen LogP contribution in [-0.2, 0) is 5.41 Å². The summed E-state index contributed by atoms with van der Waals surface area (Å²) in [6.45, 7) is 8.08. The van der Waals surface area contributed by atoms with Crippen LogP contribution in [0.2, 0.25) is 0 Å². The van der Waals surface area contributed by atoms with Crippen LogP contribution in [0.25, 0.3) is 0 Å². The van der Waals surface area contributed by atoms with E-state index >= 15 is 0 Å². The molecule has 0 fully saturated rings. The monoisotopic (exact) mass is 200 g/mol. The normalized spacial score (nSPS) is 14.6. The molecule has 0 amide bonds. The molecule has 1 rings (SSSR count). The van der Waals surface area contributed by atoms with E-state index in [4.69, 9.17) is 0 Å². The average Bonchev–Trinajstić information content (AvgIpc) is 2.26. The zero-order valence-electron chi connectivity index (χ0n) is 9.53. The van der Waals surface area contributed by atoms with E-state index in [9.17, 15) is 5.26 Å². The fourth-order valence-corrected chi connectivity index (χ4v) is 2.03. The number of hydrogen-bond acceptors (Lipinski definition) is 1. The van der Waals surface area contributed by atoms with Crippen LogP contribution in [0.1, 0.15) is 32.3 Å². The molecular formula is C14H18N. The van der Waals surface area contributed by atoms with E-state index < -0.39 is 0 Å². The Morgan fingerprint density at radius 3 is 2.33 bits per heavy atom. The molecule has 0 N–H and O–H groups in total. The lowest BCUT2D eigenvalue weighted by Crippen LogP contribution is -2.30. The molecule has 0 heterocycles. The molecule has 0 saturated carbocycles. The standard InChI is InChI=1S/C14H18N/c1-4-10-14(11-15,12(2)3)13-8-6-5-7-9-13/h5-9,12H,1,4,10H2,2-3H3. The molecular weight excluding hydrogens is 182 g/mol. The third-order valence-corrected chi connectivity index (χ3v) is 3.05. The summed E-state index contributed by atoms with van der Waals surface area (Å²) in [5.41, 5.74) is 0.745. The summed E-state index contributed by atoms with van der Waals surface area (Å²) in [5, 5.41) is 9.45. The molecule has 1 atom stereocenters. The van der Waals surface area contributed by atoms with E-state index in [-0.39, 0.29) is 5.41 Å². The van der Waals surface area contributed by atoms with Crippen LogP contribution in [-0.4, -0.2) is 0 Å². The van der Waals surface area contributed by atoms with Crippen LogP contribution in [0.15, 0.2) is 30.3 Å². The lowest BCUT2D eigenvalue weighted by atomic mass is 9.70. The first-order valence-corrected chi connectivity index (χ1v) is 5.43. The van der Waals surface area contributed by atoms with Crippen LogP contribution >= 0.6 is 0 Å². The van der Waals surface area contributed by atoms with Gasteiger partial charge in [-0.15, -0.1) is 0 Å². The summed E-state index contributed by atoms with van der Waals surface area (Å²) in [4.78, 5) is 0. The molecule has 0 aliphatic rings. The predicted molar refractivity (Wildman–Crippen MR) is 63.2 cm³/mol. The van der Waals surface area contributed by atoms with Gasteiger partial charge in [-0.1, -0.05) is 57.5 Å². The van der Waals surface area contributed by atoms with E-state index in [0.717, 1.165) is 18.4 Å². The minimum Gasteiger partial charge on any atom is -0.197 e. The highest BCUT2D eigenvalue weighted by molar-refractivity contribution is 5.33. The fraction of sp³-hybridized carbons (Fsp3) is 0.429. The van der Waals surface area contributed by atoms with E-state index in [1.807, 2.05) is 30.3 Å². The Bertz CT molecular complexity index is 334. The Kier molecular flexibility index (Phi) is 3.91. The van der Waals surface area contributed by atoms with Crippen molar-refractivity contribution in [1.29, 1.82) is 5.26 Å². The van der Waals surface area contributed by atoms with Gasteiger partial charge in [-0.05, 0) is 17.9 Å². The minimum atomic E-state index is -0.372. The third kappa shape index (κ3) is 2.21. The van der Waals surface area contributed by atoms with E-state index in [1.54, 1.807) is 0 Å². The lowest BCUT2D eigenvalue weighted by molar-refractivity contribution is 0.371. The van der Waals surface area contributed by atoms with Crippen molar-refractivity contribution in [2.45, 2.75) is 32.1 Å². The van der Waals surface area contributed by atoms with Crippen LogP contribution in [0.4, 0.5) is 0 Å². The summed E-state index contributed by atoms with van der Waals surface area (Å²) < 4.78 is 0. The summed E-state index contributed by atoms with van der Waals surface area (Å²) in [6, 6.07) is 12.5. The molecule has 0 spiro atoms. The van der Waals surface area contributed by atoms with Crippen LogP contribution in [0, 0.1) is 24.2 Å². The van der Waals surface area contributed by atoms with E-state index in [2.05, 4.69) is 26.8 Å². The second-order valence-electron chi connectivity index (χ2n) is 4.21.